The van der Waals surface area contributed by atoms with Crippen molar-refractivity contribution in [1.82, 2.24) is 15.1 Å². The van der Waals surface area contributed by atoms with Crippen LogP contribution in [0.1, 0.15) is 29.4 Å². The van der Waals surface area contributed by atoms with Gasteiger partial charge in [-0.2, -0.15) is 5.10 Å². The number of amides is 1. The van der Waals surface area contributed by atoms with Gasteiger partial charge < -0.3 is 5.32 Å². The molecule has 2 aromatic rings. The molecule has 8 heteroatoms. The monoisotopic (exact) mass is 351 g/mol. The lowest BCUT2D eigenvalue weighted by Crippen LogP contribution is -2.35. The van der Waals surface area contributed by atoms with Crippen LogP contribution in [0.2, 0.25) is 0 Å². The third kappa shape index (κ3) is 3.33. The third-order valence-electron chi connectivity index (χ3n) is 4.09. The Morgan fingerprint density at radius 3 is 2.67 bits per heavy atom. The molecular formula is C16H18FN3O3S. The van der Waals surface area contributed by atoms with Crippen molar-refractivity contribution in [3.05, 3.63) is 47.5 Å². The molecule has 3 rings (SSSR count). The second-order valence-electron chi connectivity index (χ2n) is 5.82. The topological polar surface area (TPSA) is 81.1 Å². The van der Waals surface area contributed by atoms with Gasteiger partial charge in [-0.3, -0.25) is 4.79 Å². The predicted molar refractivity (Wildman–Crippen MR) is 87.4 cm³/mol. The number of hydrogen-bond acceptors (Lipinski definition) is 4. The van der Waals surface area contributed by atoms with E-state index in [1.54, 1.807) is 16.8 Å². The first kappa shape index (κ1) is 16.6. The summed E-state index contributed by atoms with van der Waals surface area (Å²) in [6.07, 6.45) is 2.45. The van der Waals surface area contributed by atoms with E-state index in [0.717, 1.165) is 0 Å². The first-order chi connectivity index (χ1) is 11.4. The Kier molecular flexibility index (Phi) is 4.40. The molecule has 128 valence electrons. The van der Waals surface area contributed by atoms with Crippen molar-refractivity contribution >= 4 is 15.7 Å². The number of hydrogen-bond donors (Lipinski definition) is 1. The van der Waals surface area contributed by atoms with Gasteiger partial charge in [-0.1, -0.05) is 6.92 Å². The maximum Gasteiger partial charge on any atom is 0.255 e. The number of sulfone groups is 1. The van der Waals surface area contributed by atoms with E-state index >= 15 is 0 Å². The number of nitrogens with zero attached hydrogens (tertiary/aromatic N) is 2. The van der Waals surface area contributed by atoms with Crippen LogP contribution in [0.5, 0.6) is 0 Å². The van der Waals surface area contributed by atoms with E-state index in [-0.39, 0.29) is 29.3 Å². The molecule has 6 nitrogen and oxygen atoms in total. The van der Waals surface area contributed by atoms with Gasteiger partial charge in [0.05, 0.1) is 34.6 Å². The summed E-state index contributed by atoms with van der Waals surface area (Å²) in [6, 6.07) is 5.49. The molecule has 1 N–H and O–H groups in total. The minimum atomic E-state index is -3.05. The van der Waals surface area contributed by atoms with Gasteiger partial charge in [0.2, 0.25) is 0 Å². The van der Waals surface area contributed by atoms with Gasteiger partial charge in [0.1, 0.15) is 5.82 Å². The summed E-state index contributed by atoms with van der Waals surface area (Å²) in [5.41, 5.74) is 1.77. The van der Waals surface area contributed by atoms with E-state index < -0.39 is 9.84 Å². The fourth-order valence-corrected chi connectivity index (χ4v) is 4.55. The maximum atomic E-state index is 13.1. The van der Waals surface area contributed by atoms with Crippen LogP contribution < -0.4 is 5.32 Å². The van der Waals surface area contributed by atoms with Crippen LogP contribution in [-0.4, -0.2) is 41.7 Å². The van der Waals surface area contributed by atoms with E-state index in [2.05, 4.69) is 10.4 Å². The van der Waals surface area contributed by atoms with E-state index in [0.29, 0.717) is 29.8 Å². The fourth-order valence-electron chi connectivity index (χ4n) is 2.88. The molecule has 1 aromatic heterocycles. The fraction of sp³-hybridized carbons (Fsp3) is 0.375. The van der Waals surface area contributed by atoms with Crippen LogP contribution >= 0.6 is 0 Å². The Labute approximate surface area is 139 Å². The average molecular weight is 351 g/mol. The molecule has 24 heavy (non-hydrogen) atoms. The maximum absolute atomic E-state index is 13.1. The number of rotatable bonds is 4. The second-order valence-corrected chi connectivity index (χ2v) is 8.05. The summed E-state index contributed by atoms with van der Waals surface area (Å²) in [4.78, 5) is 12.5. The molecule has 1 saturated heterocycles. The largest absolute Gasteiger partial charge is 0.348 e. The molecule has 1 fully saturated rings. The number of carbonyl (C=O) groups excluding carboxylic acids is 1. The summed E-state index contributed by atoms with van der Waals surface area (Å²) in [7, 11) is -3.05. The molecule has 0 saturated carbocycles. The Morgan fingerprint density at radius 2 is 2.08 bits per heavy atom. The molecule has 0 spiro atoms. The summed E-state index contributed by atoms with van der Waals surface area (Å²) < 4.78 is 37.7. The van der Waals surface area contributed by atoms with Gasteiger partial charge in [-0.25, -0.2) is 17.5 Å². The van der Waals surface area contributed by atoms with Crippen molar-refractivity contribution in [3.8, 4) is 5.69 Å². The molecule has 0 bridgehead atoms. The lowest BCUT2D eigenvalue weighted by atomic mass is 10.1. The van der Waals surface area contributed by atoms with Crippen LogP contribution in [-0.2, 0) is 16.3 Å². The normalized spacial score (nSPS) is 19.3. The molecule has 1 aliphatic rings. The van der Waals surface area contributed by atoms with Gasteiger partial charge in [0.25, 0.3) is 5.91 Å². The Balaban J connectivity index is 1.84. The molecular weight excluding hydrogens is 333 g/mol. The number of nitrogens with one attached hydrogen (secondary N) is 1. The standard InChI is InChI=1S/C16H18FN3O3S/c1-2-15-14(16(21)19-12-7-8-24(22,23)10-12)9-18-20(15)13-5-3-11(17)4-6-13/h3-6,9,12H,2,7-8,10H2,1H3,(H,19,21). The minimum Gasteiger partial charge on any atom is -0.348 e. The van der Waals surface area contributed by atoms with E-state index in [1.165, 1.54) is 18.3 Å². The zero-order valence-corrected chi connectivity index (χ0v) is 14.0. The quantitative estimate of drug-likeness (QED) is 0.905. The van der Waals surface area contributed by atoms with Gasteiger partial charge in [0, 0.05) is 6.04 Å². The Hall–Kier alpha value is -2.22. The van der Waals surface area contributed by atoms with Crippen LogP contribution in [0.25, 0.3) is 5.69 Å². The molecule has 1 unspecified atom stereocenters. The SMILES string of the molecule is CCc1c(C(=O)NC2CCS(=O)(=O)C2)cnn1-c1ccc(F)cc1. The molecule has 0 radical (unpaired) electrons. The molecule has 1 aromatic carbocycles. The number of halogens is 1. The van der Waals surface area contributed by atoms with Crippen molar-refractivity contribution in [1.29, 1.82) is 0 Å². The molecule has 1 atom stereocenters. The molecule has 2 heterocycles. The van der Waals surface area contributed by atoms with Gasteiger partial charge >= 0.3 is 0 Å². The van der Waals surface area contributed by atoms with Crippen molar-refractivity contribution in [2.45, 2.75) is 25.8 Å². The summed E-state index contributed by atoms with van der Waals surface area (Å²) in [5, 5.41) is 6.99. The Bertz CT molecular complexity index is 859. The summed E-state index contributed by atoms with van der Waals surface area (Å²) in [5.74, 6) is -0.591. The lowest BCUT2D eigenvalue weighted by Gasteiger charge is -2.12. The summed E-state index contributed by atoms with van der Waals surface area (Å²) in [6.45, 7) is 1.90. The molecule has 0 aliphatic carbocycles. The van der Waals surface area contributed by atoms with Crippen molar-refractivity contribution in [2.75, 3.05) is 11.5 Å². The minimum absolute atomic E-state index is 0.0215. The first-order valence-corrected chi connectivity index (χ1v) is 9.56. The van der Waals surface area contributed by atoms with Gasteiger partial charge in [-0.05, 0) is 37.1 Å². The highest BCUT2D eigenvalue weighted by Gasteiger charge is 2.30. The van der Waals surface area contributed by atoms with Gasteiger partial charge in [-0.15, -0.1) is 0 Å². The average Bonchev–Trinajstić information content (AvgIpc) is 3.11. The van der Waals surface area contributed by atoms with Crippen molar-refractivity contribution < 1.29 is 17.6 Å². The van der Waals surface area contributed by atoms with E-state index in [4.69, 9.17) is 0 Å². The molecule has 1 aliphatic heterocycles. The predicted octanol–water partition coefficient (Wildman–Crippen LogP) is 1.49. The number of carbonyl (C=O) groups is 1. The Morgan fingerprint density at radius 1 is 1.38 bits per heavy atom. The number of aromatic nitrogens is 2. The van der Waals surface area contributed by atoms with Gasteiger partial charge in [0.15, 0.2) is 9.84 Å². The zero-order valence-electron chi connectivity index (χ0n) is 13.2. The third-order valence-corrected chi connectivity index (χ3v) is 5.86. The van der Waals surface area contributed by atoms with E-state index in [9.17, 15) is 17.6 Å². The lowest BCUT2D eigenvalue weighted by molar-refractivity contribution is 0.0940. The zero-order chi connectivity index (χ0) is 17.3. The van der Waals surface area contributed by atoms with Crippen LogP contribution in [0, 0.1) is 5.82 Å². The van der Waals surface area contributed by atoms with Crippen LogP contribution in [0.15, 0.2) is 30.5 Å². The van der Waals surface area contributed by atoms with Crippen LogP contribution in [0.4, 0.5) is 4.39 Å². The highest BCUT2D eigenvalue weighted by atomic mass is 32.2. The van der Waals surface area contributed by atoms with E-state index in [1.807, 2.05) is 6.92 Å². The molecule has 1 amide bonds. The second kappa shape index (κ2) is 6.35. The van der Waals surface area contributed by atoms with Crippen molar-refractivity contribution in [3.63, 3.8) is 0 Å². The van der Waals surface area contributed by atoms with Crippen LogP contribution in [0.3, 0.4) is 0 Å². The van der Waals surface area contributed by atoms with Crippen molar-refractivity contribution in [2.24, 2.45) is 0 Å². The number of benzene rings is 1. The highest BCUT2D eigenvalue weighted by molar-refractivity contribution is 7.91. The highest BCUT2D eigenvalue weighted by Crippen LogP contribution is 2.18. The smallest absolute Gasteiger partial charge is 0.255 e. The first-order valence-electron chi connectivity index (χ1n) is 7.74. The summed E-state index contributed by atoms with van der Waals surface area (Å²) >= 11 is 0.